The van der Waals surface area contributed by atoms with E-state index in [-0.39, 0.29) is 35.1 Å². The highest BCUT2D eigenvalue weighted by Crippen LogP contribution is 2.41. The summed E-state index contributed by atoms with van der Waals surface area (Å²) in [5, 5.41) is 17.1. The average molecular weight is 604 g/mol. The molecule has 0 atom stereocenters. The maximum Gasteiger partial charge on any atom is 0.417 e. The number of halogens is 7. The molecule has 15 heteroatoms. The van der Waals surface area contributed by atoms with Crippen LogP contribution in [-0.2, 0) is 30.7 Å². The summed E-state index contributed by atoms with van der Waals surface area (Å²) >= 11 is 5.62. The summed E-state index contributed by atoms with van der Waals surface area (Å²) in [6, 6.07) is 2.90. The minimum atomic E-state index is -4.89. The van der Waals surface area contributed by atoms with E-state index in [2.05, 4.69) is 17.3 Å². The van der Waals surface area contributed by atoms with Gasteiger partial charge in [-0.3, -0.25) is 9.48 Å². The standard InChI is InChI=1S/C24H28ClF6N3O2.O2S/c1-3-34-20(16-5-4-15(8-11-23(26,27)28)12-17(16)24(29,30)31)18(25)19(33-34)21(35)32-13-22(36)9-6-14(2)7-10-22;1-3-2/h4-5,12,14,36H,3,6-11,13H2,1-2H3,(H,32,35);. The van der Waals surface area contributed by atoms with Gasteiger partial charge in [0.05, 0.1) is 21.9 Å². The molecule has 2 N–H and O–H groups in total. The Morgan fingerprint density at radius 1 is 1.21 bits per heavy atom. The third kappa shape index (κ3) is 9.04. The minimum absolute atomic E-state index is 0.0507. The number of aliphatic hydroxyl groups is 1. The number of nitrogens with zero attached hydrogens (tertiary/aromatic N) is 2. The van der Waals surface area contributed by atoms with Crippen LogP contribution in [0.3, 0.4) is 0 Å². The van der Waals surface area contributed by atoms with Gasteiger partial charge in [-0.25, -0.2) is 0 Å². The van der Waals surface area contributed by atoms with E-state index < -0.39 is 59.4 Å². The Balaban J connectivity index is 0.00000170. The number of benzene rings is 1. The van der Waals surface area contributed by atoms with Gasteiger partial charge in [-0.15, -0.1) is 0 Å². The highest BCUT2D eigenvalue weighted by atomic mass is 35.5. The van der Waals surface area contributed by atoms with Crippen LogP contribution in [0.25, 0.3) is 11.3 Å². The van der Waals surface area contributed by atoms with Gasteiger partial charge >= 0.3 is 23.9 Å². The molecular weight excluding hydrogens is 576 g/mol. The molecular formula is C24H28ClF6N3O4S. The van der Waals surface area contributed by atoms with Crippen LogP contribution in [0.5, 0.6) is 0 Å². The monoisotopic (exact) mass is 603 g/mol. The van der Waals surface area contributed by atoms with Crippen LogP contribution in [0.4, 0.5) is 26.3 Å². The Hall–Kier alpha value is -2.45. The smallest absolute Gasteiger partial charge is 0.388 e. The molecule has 0 unspecified atom stereocenters. The van der Waals surface area contributed by atoms with Gasteiger partial charge in [0, 0.05) is 25.1 Å². The lowest BCUT2D eigenvalue weighted by Crippen LogP contribution is -2.45. The molecule has 218 valence electrons. The van der Waals surface area contributed by atoms with Crippen LogP contribution in [-0.4, -0.2) is 47.5 Å². The first-order chi connectivity index (χ1) is 18.0. The van der Waals surface area contributed by atoms with E-state index in [9.17, 15) is 36.2 Å². The molecule has 0 saturated heterocycles. The Kier molecular flexibility index (Phi) is 11.1. The second-order valence-corrected chi connectivity index (χ2v) is 9.99. The van der Waals surface area contributed by atoms with Gasteiger partial charge in [-0.1, -0.05) is 30.7 Å². The average Bonchev–Trinajstić information content (AvgIpc) is 3.19. The molecule has 1 aromatic carbocycles. The topological polar surface area (TPSA) is 101 Å². The Morgan fingerprint density at radius 2 is 1.79 bits per heavy atom. The van der Waals surface area contributed by atoms with Gasteiger partial charge < -0.3 is 10.4 Å². The van der Waals surface area contributed by atoms with Crippen molar-refractivity contribution < 1.29 is 44.7 Å². The fourth-order valence-electron chi connectivity index (χ4n) is 4.35. The normalized spacial score (nSPS) is 19.7. The molecule has 39 heavy (non-hydrogen) atoms. The third-order valence-corrected chi connectivity index (χ3v) is 6.89. The van der Waals surface area contributed by atoms with Crippen LogP contribution < -0.4 is 5.32 Å². The van der Waals surface area contributed by atoms with Crippen molar-refractivity contribution in [1.82, 2.24) is 15.1 Å². The summed E-state index contributed by atoms with van der Waals surface area (Å²) in [6.07, 6.45) is -8.64. The van der Waals surface area contributed by atoms with Crippen molar-refractivity contribution in [3.05, 3.63) is 40.0 Å². The van der Waals surface area contributed by atoms with Crippen molar-refractivity contribution in [2.75, 3.05) is 6.54 Å². The molecule has 0 radical (unpaired) electrons. The molecule has 3 rings (SSSR count). The van der Waals surface area contributed by atoms with Crippen LogP contribution in [0.2, 0.25) is 5.02 Å². The summed E-state index contributed by atoms with van der Waals surface area (Å²) in [4.78, 5) is 12.8. The number of carbonyl (C=O) groups excluding carboxylic acids is 1. The lowest BCUT2D eigenvalue weighted by atomic mass is 9.79. The van der Waals surface area contributed by atoms with Crippen molar-refractivity contribution in [2.45, 2.75) is 76.9 Å². The minimum Gasteiger partial charge on any atom is -0.388 e. The zero-order chi connectivity index (χ0) is 29.6. The lowest BCUT2D eigenvalue weighted by molar-refractivity contribution is -0.137. The molecule has 1 aliphatic rings. The number of aryl methyl sites for hydroxylation is 2. The van der Waals surface area contributed by atoms with Gasteiger partial charge in [0.2, 0.25) is 0 Å². The first-order valence-electron chi connectivity index (χ1n) is 12.0. The Labute approximate surface area is 229 Å². The predicted octanol–water partition coefficient (Wildman–Crippen LogP) is 5.74. The maximum atomic E-state index is 13.9. The van der Waals surface area contributed by atoms with Crippen LogP contribution in [0, 0.1) is 5.92 Å². The molecule has 0 spiro atoms. The van der Waals surface area contributed by atoms with Crippen molar-refractivity contribution in [3.63, 3.8) is 0 Å². The molecule has 1 fully saturated rings. The van der Waals surface area contributed by atoms with E-state index in [4.69, 9.17) is 20.0 Å². The summed E-state index contributed by atoms with van der Waals surface area (Å²) in [7, 11) is 0. The van der Waals surface area contributed by atoms with Gasteiger partial charge in [0.25, 0.3) is 5.91 Å². The van der Waals surface area contributed by atoms with E-state index in [1.807, 2.05) is 0 Å². The number of hydrogen-bond acceptors (Lipinski definition) is 5. The number of amides is 1. The predicted molar refractivity (Wildman–Crippen MR) is 132 cm³/mol. The van der Waals surface area contributed by atoms with Crippen molar-refractivity contribution in [3.8, 4) is 11.3 Å². The largest absolute Gasteiger partial charge is 0.417 e. The molecule has 1 heterocycles. The summed E-state index contributed by atoms with van der Waals surface area (Å²) < 4.78 is 97.2. The molecule has 1 amide bonds. The number of hydrogen-bond donors (Lipinski definition) is 2. The van der Waals surface area contributed by atoms with Gasteiger partial charge in [0.1, 0.15) is 0 Å². The number of rotatable bonds is 7. The fraction of sp³-hybridized carbons (Fsp3) is 0.583. The number of alkyl halides is 6. The molecule has 1 saturated carbocycles. The summed E-state index contributed by atoms with van der Waals surface area (Å²) in [5.74, 6) is -0.267. The van der Waals surface area contributed by atoms with Crippen LogP contribution >= 0.6 is 11.6 Å². The van der Waals surface area contributed by atoms with Crippen LogP contribution in [0.15, 0.2) is 18.2 Å². The summed E-state index contributed by atoms with van der Waals surface area (Å²) in [5.41, 5.74) is -3.23. The van der Waals surface area contributed by atoms with E-state index in [1.165, 1.54) is 6.07 Å². The second kappa shape index (κ2) is 13.3. The maximum absolute atomic E-state index is 13.9. The van der Waals surface area contributed by atoms with E-state index in [0.29, 0.717) is 24.8 Å². The number of aromatic nitrogens is 2. The van der Waals surface area contributed by atoms with Crippen molar-refractivity contribution >= 4 is 29.1 Å². The zero-order valence-electron chi connectivity index (χ0n) is 21.1. The molecule has 0 aliphatic heterocycles. The second-order valence-electron chi connectivity index (χ2n) is 9.48. The van der Waals surface area contributed by atoms with Gasteiger partial charge in [-0.05, 0) is 56.6 Å². The Bertz CT molecular complexity index is 1190. The Morgan fingerprint density at radius 3 is 2.31 bits per heavy atom. The van der Waals surface area contributed by atoms with Gasteiger partial charge in [-0.2, -0.15) is 39.9 Å². The number of carbonyl (C=O) groups is 1. The first-order valence-corrected chi connectivity index (χ1v) is 13.1. The first kappa shape index (κ1) is 32.8. The lowest BCUT2D eigenvalue weighted by Gasteiger charge is -2.34. The quantitative estimate of drug-likeness (QED) is 0.393. The molecule has 7 nitrogen and oxygen atoms in total. The molecule has 2 aromatic rings. The van der Waals surface area contributed by atoms with E-state index in [1.54, 1.807) is 6.92 Å². The highest BCUT2D eigenvalue weighted by Gasteiger charge is 2.37. The SMILES string of the molecule is CCn1nc(C(=O)NCC2(O)CCC(C)CC2)c(Cl)c1-c1ccc(CCC(F)(F)F)cc1C(F)(F)F.O=S=O. The zero-order valence-corrected chi connectivity index (χ0v) is 22.7. The fourth-order valence-corrected chi connectivity index (χ4v) is 4.67. The molecule has 0 bridgehead atoms. The molecule has 1 aliphatic carbocycles. The van der Waals surface area contributed by atoms with Crippen LogP contribution in [0.1, 0.15) is 67.6 Å². The number of nitrogens with one attached hydrogen (secondary N) is 1. The van der Waals surface area contributed by atoms with Crippen molar-refractivity contribution in [2.24, 2.45) is 5.92 Å². The van der Waals surface area contributed by atoms with E-state index in [0.717, 1.165) is 23.6 Å². The van der Waals surface area contributed by atoms with Gasteiger partial charge in [0.15, 0.2) is 5.69 Å². The van der Waals surface area contributed by atoms with Crippen molar-refractivity contribution in [1.29, 1.82) is 0 Å². The highest BCUT2D eigenvalue weighted by molar-refractivity contribution is 7.51. The third-order valence-electron chi connectivity index (χ3n) is 6.53. The molecule has 1 aromatic heterocycles. The summed E-state index contributed by atoms with van der Waals surface area (Å²) in [6.45, 7) is 3.71. The van der Waals surface area contributed by atoms with E-state index >= 15 is 0 Å².